The van der Waals surface area contributed by atoms with Gasteiger partial charge in [0.05, 0.1) is 27.9 Å². The lowest BCUT2D eigenvalue weighted by Gasteiger charge is -2.13. The summed E-state index contributed by atoms with van der Waals surface area (Å²) in [7, 11) is 1.86. The lowest BCUT2D eigenvalue weighted by Crippen LogP contribution is -2.20. The van der Waals surface area contributed by atoms with Crippen LogP contribution in [0.1, 0.15) is 69.4 Å². The molecule has 272 valence electrons. The first-order valence-electron chi connectivity index (χ1n) is 17.4. The van der Waals surface area contributed by atoms with Crippen molar-refractivity contribution in [3.05, 3.63) is 76.9 Å². The van der Waals surface area contributed by atoms with Crippen LogP contribution in [0.15, 0.2) is 48.5 Å². The molecule has 16 heteroatoms. The van der Waals surface area contributed by atoms with E-state index >= 15 is 0 Å². The van der Waals surface area contributed by atoms with E-state index in [-0.39, 0.29) is 11.8 Å². The topological polar surface area (TPSA) is 194 Å². The number of nitrogens with zero attached hydrogens (tertiary/aromatic N) is 8. The van der Waals surface area contributed by atoms with Gasteiger partial charge >= 0.3 is 0 Å². The SMILES string of the molecule is CCn1nc(C)cc1C(=O)Nc1nc2ccc(C(N)=O)cc2n1CCCCn1c(NC(=O)c2cc(C)nn2CC)nc2c(OCCNC)cccc21. The van der Waals surface area contributed by atoms with Gasteiger partial charge in [-0.1, -0.05) is 6.07 Å². The highest BCUT2D eigenvalue weighted by Crippen LogP contribution is 2.30. The van der Waals surface area contributed by atoms with Gasteiger partial charge < -0.3 is 24.9 Å². The van der Waals surface area contributed by atoms with Gasteiger partial charge in [0.2, 0.25) is 17.8 Å². The minimum Gasteiger partial charge on any atom is -0.490 e. The standard InChI is InChI=1S/C36H44N12O4/c1-6-47-28(19-22(3)43-47)33(50)41-35-39-25-14-13-24(32(37)49)21-27(25)46(35)17-9-8-16-45-26-11-10-12-30(52-18-15-38-5)31(26)40-36(45)42-34(51)29-20-23(4)44-48(29)7-2/h10-14,19-21,38H,6-9,15-18H2,1-5H3,(H2,37,49)(H,39,41,50)(H,40,42,51). The molecule has 2 aromatic carbocycles. The second-order valence-corrected chi connectivity index (χ2v) is 12.4. The number of rotatable bonds is 16. The molecule has 3 amide bonds. The summed E-state index contributed by atoms with van der Waals surface area (Å²) in [6.07, 6.45) is 1.31. The fourth-order valence-electron chi connectivity index (χ4n) is 6.23. The van der Waals surface area contributed by atoms with Crippen LogP contribution in [0.2, 0.25) is 0 Å². The van der Waals surface area contributed by atoms with Gasteiger partial charge in [-0.15, -0.1) is 0 Å². The number of hydrogen-bond donors (Lipinski definition) is 4. The molecule has 0 fully saturated rings. The van der Waals surface area contributed by atoms with Gasteiger partial charge in [0.15, 0.2) is 0 Å². The first kappa shape index (κ1) is 35.8. The fourth-order valence-corrected chi connectivity index (χ4v) is 6.23. The number of nitrogens with two attached hydrogens (primary N) is 1. The Bertz CT molecular complexity index is 2260. The highest BCUT2D eigenvalue weighted by molar-refractivity contribution is 6.04. The van der Waals surface area contributed by atoms with Crippen LogP contribution in [-0.4, -0.2) is 76.6 Å². The molecule has 52 heavy (non-hydrogen) atoms. The highest BCUT2D eigenvalue weighted by Gasteiger charge is 2.21. The summed E-state index contributed by atoms with van der Waals surface area (Å²) in [5.74, 6) is 0.136. The number of aromatic nitrogens is 8. The number of unbranched alkanes of at least 4 members (excludes halogenated alkanes) is 1. The fraction of sp³-hybridized carbons (Fsp3) is 0.361. The molecule has 0 bridgehead atoms. The number of amides is 3. The van der Waals surface area contributed by atoms with Crippen molar-refractivity contribution in [2.24, 2.45) is 5.73 Å². The van der Waals surface area contributed by atoms with E-state index in [2.05, 4.69) is 26.1 Å². The van der Waals surface area contributed by atoms with E-state index in [1.54, 1.807) is 39.7 Å². The van der Waals surface area contributed by atoms with Crippen LogP contribution in [0, 0.1) is 13.8 Å². The van der Waals surface area contributed by atoms with Gasteiger partial charge in [-0.3, -0.25) is 34.4 Å². The van der Waals surface area contributed by atoms with Gasteiger partial charge in [-0.2, -0.15) is 10.2 Å². The molecule has 4 heterocycles. The smallest absolute Gasteiger partial charge is 0.276 e. The molecule has 0 unspecified atom stereocenters. The Morgan fingerprint density at radius 2 is 1.38 bits per heavy atom. The zero-order valence-corrected chi connectivity index (χ0v) is 30.1. The van der Waals surface area contributed by atoms with Crippen molar-refractivity contribution in [1.82, 2.24) is 44.0 Å². The number of primary amides is 1. The van der Waals surface area contributed by atoms with Crippen molar-refractivity contribution >= 4 is 51.7 Å². The molecule has 0 saturated heterocycles. The molecule has 16 nitrogen and oxygen atoms in total. The van der Waals surface area contributed by atoms with Crippen molar-refractivity contribution < 1.29 is 19.1 Å². The first-order valence-corrected chi connectivity index (χ1v) is 17.4. The molecule has 0 aliphatic carbocycles. The van der Waals surface area contributed by atoms with Crippen molar-refractivity contribution in [1.29, 1.82) is 0 Å². The molecule has 4 aromatic heterocycles. The van der Waals surface area contributed by atoms with E-state index in [0.29, 0.717) is 103 Å². The highest BCUT2D eigenvalue weighted by atomic mass is 16.5. The lowest BCUT2D eigenvalue weighted by atomic mass is 10.2. The number of para-hydroxylation sites is 1. The Morgan fingerprint density at radius 1 is 0.788 bits per heavy atom. The van der Waals surface area contributed by atoms with Crippen LogP contribution < -0.4 is 26.4 Å². The molecular formula is C36H44N12O4. The van der Waals surface area contributed by atoms with Gasteiger partial charge in [-0.05, 0) is 90.0 Å². The zero-order valence-electron chi connectivity index (χ0n) is 30.1. The summed E-state index contributed by atoms with van der Waals surface area (Å²) in [6, 6.07) is 14.2. The maximum Gasteiger partial charge on any atom is 0.276 e. The van der Waals surface area contributed by atoms with Gasteiger partial charge in [0.25, 0.3) is 11.8 Å². The molecule has 6 rings (SSSR count). The van der Waals surface area contributed by atoms with Crippen molar-refractivity contribution in [3.63, 3.8) is 0 Å². The third kappa shape index (κ3) is 7.37. The van der Waals surface area contributed by atoms with Gasteiger partial charge in [0.1, 0.15) is 29.3 Å². The largest absolute Gasteiger partial charge is 0.490 e. The monoisotopic (exact) mass is 708 g/mol. The number of carbonyl (C=O) groups excluding carboxylic acids is 3. The number of imidazole rings is 2. The van der Waals surface area contributed by atoms with Crippen LogP contribution in [-0.2, 0) is 26.2 Å². The molecular weight excluding hydrogens is 664 g/mol. The number of benzene rings is 2. The summed E-state index contributed by atoms with van der Waals surface area (Å²) in [6.45, 7) is 10.7. The van der Waals surface area contributed by atoms with Gasteiger partial charge in [-0.25, -0.2) is 9.97 Å². The average molecular weight is 709 g/mol. The number of carbonyl (C=O) groups is 3. The molecule has 5 N–H and O–H groups in total. The summed E-state index contributed by atoms with van der Waals surface area (Å²) in [4.78, 5) is 48.6. The zero-order chi connectivity index (χ0) is 36.9. The van der Waals surface area contributed by atoms with Crippen LogP contribution in [0.3, 0.4) is 0 Å². The second-order valence-electron chi connectivity index (χ2n) is 12.4. The Kier molecular flexibility index (Phi) is 10.6. The third-order valence-electron chi connectivity index (χ3n) is 8.72. The Labute approximate surface area is 300 Å². The Balaban J connectivity index is 1.28. The van der Waals surface area contributed by atoms with E-state index in [9.17, 15) is 14.4 Å². The number of anilines is 2. The molecule has 0 aliphatic heterocycles. The molecule has 0 radical (unpaired) electrons. The summed E-state index contributed by atoms with van der Waals surface area (Å²) in [5.41, 5.74) is 11.0. The third-order valence-corrected chi connectivity index (χ3v) is 8.72. The molecule has 6 aromatic rings. The van der Waals surface area contributed by atoms with Crippen LogP contribution >= 0.6 is 0 Å². The summed E-state index contributed by atoms with van der Waals surface area (Å²) < 4.78 is 13.2. The van der Waals surface area contributed by atoms with E-state index in [0.717, 1.165) is 16.9 Å². The van der Waals surface area contributed by atoms with E-state index in [1.165, 1.54) is 0 Å². The predicted molar refractivity (Wildman–Crippen MR) is 198 cm³/mol. The second kappa shape index (κ2) is 15.5. The number of aryl methyl sites for hydroxylation is 6. The molecule has 0 aliphatic rings. The van der Waals surface area contributed by atoms with Crippen molar-refractivity contribution in [2.75, 3.05) is 30.8 Å². The lowest BCUT2D eigenvalue weighted by molar-refractivity contribution is 0.0994. The number of hydrogen-bond acceptors (Lipinski definition) is 9. The normalized spacial score (nSPS) is 11.4. The molecule has 0 spiro atoms. The number of nitrogens with one attached hydrogen (secondary N) is 3. The molecule has 0 atom stereocenters. The van der Waals surface area contributed by atoms with Crippen LogP contribution in [0.25, 0.3) is 22.1 Å². The number of ether oxygens (including phenoxy) is 1. The Morgan fingerprint density at radius 3 is 1.96 bits per heavy atom. The number of likely N-dealkylation sites (N-methyl/N-ethyl adjacent to an activating group) is 1. The van der Waals surface area contributed by atoms with E-state index < -0.39 is 5.91 Å². The van der Waals surface area contributed by atoms with Crippen LogP contribution in [0.5, 0.6) is 5.75 Å². The molecule has 0 saturated carbocycles. The maximum atomic E-state index is 13.5. The maximum absolute atomic E-state index is 13.5. The van der Waals surface area contributed by atoms with Crippen molar-refractivity contribution in [3.8, 4) is 5.75 Å². The first-order chi connectivity index (χ1) is 25.1. The minimum absolute atomic E-state index is 0.313. The van der Waals surface area contributed by atoms with E-state index in [4.69, 9.17) is 20.4 Å². The summed E-state index contributed by atoms with van der Waals surface area (Å²) in [5, 5.41) is 17.9. The van der Waals surface area contributed by atoms with Crippen LogP contribution in [0.4, 0.5) is 11.9 Å². The average Bonchev–Trinajstić information content (AvgIpc) is 3.89. The minimum atomic E-state index is -0.560. The van der Waals surface area contributed by atoms with Gasteiger partial charge in [0, 0.05) is 38.3 Å². The Hall–Kier alpha value is -6.03. The predicted octanol–water partition coefficient (Wildman–Crippen LogP) is 4.12. The summed E-state index contributed by atoms with van der Waals surface area (Å²) >= 11 is 0. The van der Waals surface area contributed by atoms with Crippen molar-refractivity contribution in [2.45, 2.75) is 66.7 Å². The van der Waals surface area contributed by atoms with E-state index in [1.807, 2.05) is 62.1 Å². The quantitative estimate of drug-likeness (QED) is 0.107. The number of fused-ring (bicyclic) bond motifs is 2.